The molecular formula is C61H44N2O. The number of benzene rings is 9. The van der Waals surface area contributed by atoms with E-state index in [0.717, 1.165) is 39.7 Å². The number of allylic oxidation sites excluding steroid dienone is 2. The largest absolute Gasteiger partial charge is 0.454 e. The van der Waals surface area contributed by atoms with Gasteiger partial charge in [0.25, 0.3) is 0 Å². The molecule has 2 aliphatic rings. The van der Waals surface area contributed by atoms with E-state index in [0.29, 0.717) is 0 Å². The van der Waals surface area contributed by atoms with Crippen LogP contribution in [0.4, 0.5) is 11.4 Å². The second kappa shape index (κ2) is 14.1. The molecule has 1 unspecified atom stereocenters. The van der Waals surface area contributed by atoms with Crippen molar-refractivity contribution in [2.24, 2.45) is 0 Å². The molecule has 2 aromatic heterocycles. The third kappa shape index (κ3) is 5.53. The average molecular weight is 821 g/mol. The van der Waals surface area contributed by atoms with Crippen LogP contribution in [0.3, 0.4) is 0 Å². The fourth-order valence-electron chi connectivity index (χ4n) is 11.1. The molecule has 304 valence electrons. The number of anilines is 2. The minimum Gasteiger partial charge on any atom is -0.454 e. The molecule has 0 fully saturated rings. The highest BCUT2D eigenvalue weighted by Crippen LogP contribution is 2.53. The molecule has 0 amide bonds. The van der Waals surface area contributed by atoms with Gasteiger partial charge in [-0.25, -0.2) is 0 Å². The number of furan rings is 1. The smallest absolute Gasteiger partial charge is 0.159 e. The van der Waals surface area contributed by atoms with E-state index >= 15 is 0 Å². The van der Waals surface area contributed by atoms with E-state index in [9.17, 15) is 0 Å². The zero-order valence-corrected chi connectivity index (χ0v) is 35.8. The molecule has 13 rings (SSSR count). The summed E-state index contributed by atoms with van der Waals surface area (Å²) in [6.07, 6.45) is 5.71. The van der Waals surface area contributed by atoms with Crippen molar-refractivity contribution in [3.8, 4) is 27.9 Å². The number of aromatic nitrogens is 1. The summed E-state index contributed by atoms with van der Waals surface area (Å²) in [6.45, 7) is 4.85. The molecule has 3 nitrogen and oxygen atoms in total. The minimum absolute atomic E-state index is 0.0540. The van der Waals surface area contributed by atoms with Crippen molar-refractivity contribution in [3.63, 3.8) is 0 Å². The van der Waals surface area contributed by atoms with Crippen molar-refractivity contribution in [2.75, 3.05) is 4.90 Å². The highest BCUT2D eigenvalue weighted by Gasteiger charge is 2.41. The minimum atomic E-state index is -0.174. The first-order chi connectivity index (χ1) is 31.5. The topological polar surface area (TPSA) is 21.3 Å². The summed E-state index contributed by atoms with van der Waals surface area (Å²) in [5.41, 5.74) is 18.0. The summed E-state index contributed by atoms with van der Waals surface area (Å²) in [5.74, 6) is 0. The predicted octanol–water partition coefficient (Wildman–Crippen LogP) is 16.4. The maximum atomic E-state index is 6.75. The summed E-state index contributed by atoms with van der Waals surface area (Å²) in [6, 6.07) is 73.1. The number of fused-ring (bicyclic) bond motifs is 9. The van der Waals surface area contributed by atoms with Crippen LogP contribution in [-0.2, 0) is 5.41 Å². The van der Waals surface area contributed by atoms with Crippen molar-refractivity contribution < 1.29 is 4.42 Å². The van der Waals surface area contributed by atoms with Crippen LogP contribution in [-0.4, -0.2) is 10.6 Å². The molecule has 0 bridgehead atoms. The first kappa shape index (κ1) is 36.7. The highest BCUT2D eigenvalue weighted by molar-refractivity contribution is 6.11. The second-order valence-corrected chi connectivity index (χ2v) is 18.0. The third-order valence-electron chi connectivity index (χ3n) is 14.2. The number of rotatable bonds is 6. The molecule has 0 saturated carbocycles. The van der Waals surface area contributed by atoms with Crippen LogP contribution >= 0.6 is 0 Å². The Labute approximate surface area is 372 Å². The Kier molecular flexibility index (Phi) is 8.08. The van der Waals surface area contributed by atoms with Gasteiger partial charge in [0.15, 0.2) is 5.58 Å². The second-order valence-electron chi connectivity index (χ2n) is 18.0. The molecule has 9 aromatic carbocycles. The van der Waals surface area contributed by atoms with Crippen molar-refractivity contribution in [1.29, 1.82) is 0 Å². The molecule has 3 heteroatoms. The molecule has 0 spiro atoms. The van der Waals surface area contributed by atoms with Crippen LogP contribution in [0.5, 0.6) is 0 Å². The summed E-state index contributed by atoms with van der Waals surface area (Å²) in [4.78, 5) is 2.52. The number of nitrogens with zero attached hydrogens (tertiary/aromatic N) is 2. The van der Waals surface area contributed by atoms with Gasteiger partial charge in [0.2, 0.25) is 0 Å². The van der Waals surface area contributed by atoms with Gasteiger partial charge in [0.05, 0.1) is 22.8 Å². The standard InChI is InChI=1S/C61H44N2O/c1-61(2)54-37-42(41-29-35-57-53(36-41)50-19-8-10-23-56(50)63(57)43-16-4-3-5-17-43)28-33-48(54)49-34-32-45(38-55(49)61)62(58-24-13-22-52-51-20-9-11-25-59(51)64-60(52)58)44-30-26-40(27-31-44)47-21-12-15-39-14-6-7-18-46(39)47/h3-37,45H,38H2,1-2H3. The van der Waals surface area contributed by atoms with Crippen LogP contribution in [0.1, 0.15) is 31.4 Å². The summed E-state index contributed by atoms with van der Waals surface area (Å²) in [7, 11) is 0. The van der Waals surface area contributed by atoms with Gasteiger partial charge < -0.3 is 13.9 Å². The monoisotopic (exact) mass is 820 g/mol. The van der Waals surface area contributed by atoms with E-state index < -0.39 is 0 Å². The molecule has 2 aliphatic carbocycles. The molecular weight excluding hydrogens is 777 g/mol. The molecule has 11 aromatic rings. The lowest BCUT2D eigenvalue weighted by Crippen LogP contribution is -2.33. The Morgan fingerprint density at radius 3 is 2.08 bits per heavy atom. The fraction of sp³-hybridized carbons (Fsp3) is 0.0820. The molecule has 0 radical (unpaired) electrons. The molecule has 1 atom stereocenters. The molecule has 0 aliphatic heterocycles. The van der Waals surface area contributed by atoms with Crippen LogP contribution < -0.4 is 4.90 Å². The molecule has 2 heterocycles. The predicted molar refractivity (Wildman–Crippen MR) is 269 cm³/mol. The van der Waals surface area contributed by atoms with Gasteiger partial charge in [-0.05, 0) is 122 Å². The number of para-hydroxylation sites is 4. The van der Waals surface area contributed by atoms with E-state index in [1.807, 2.05) is 0 Å². The highest BCUT2D eigenvalue weighted by atomic mass is 16.3. The third-order valence-corrected chi connectivity index (χ3v) is 14.2. The van der Waals surface area contributed by atoms with Crippen molar-refractivity contribution in [1.82, 2.24) is 4.57 Å². The van der Waals surface area contributed by atoms with E-state index in [-0.39, 0.29) is 11.5 Å². The van der Waals surface area contributed by atoms with E-state index in [1.54, 1.807) is 0 Å². The van der Waals surface area contributed by atoms with Crippen LogP contribution in [0.2, 0.25) is 0 Å². The van der Waals surface area contributed by atoms with Crippen LogP contribution in [0.25, 0.3) is 88.0 Å². The number of hydrogen-bond acceptors (Lipinski definition) is 2. The van der Waals surface area contributed by atoms with Gasteiger partial charge in [-0.1, -0.05) is 166 Å². The zero-order valence-electron chi connectivity index (χ0n) is 35.8. The summed E-state index contributed by atoms with van der Waals surface area (Å²) in [5, 5.41) is 7.32. The van der Waals surface area contributed by atoms with Gasteiger partial charge >= 0.3 is 0 Å². The van der Waals surface area contributed by atoms with E-state index in [2.05, 4.69) is 236 Å². The summed E-state index contributed by atoms with van der Waals surface area (Å²) >= 11 is 0. The Hall–Kier alpha value is -7.88. The first-order valence-corrected chi connectivity index (χ1v) is 22.4. The van der Waals surface area contributed by atoms with Gasteiger partial charge in [-0.15, -0.1) is 0 Å². The lowest BCUT2D eigenvalue weighted by molar-refractivity contribution is 0.584. The van der Waals surface area contributed by atoms with Gasteiger partial charge in [-0.3, -0.25) is 0 Å². The van der Waals surface area contributed by atoms with Gasteiger partial charge in [0.1, 0.15) is 5.58 Å². The van der Waals surface area contributed by atoms with Crippen molar-refractivity contribution in [2.45, 2.75) is 31.7 Å². The van der Waals surface area contributed by atoms with Gasteiger partial charge in [0, 0.05) is 38.3 Å². The first-order valence-electron chi connectivity index (χ1n) is 22.4. The SMILES string of the molecule is CC1(C)C2=C(C=CC(N(c3ccc(-c4cccc5ccccc45)cc3)c3cccc4c3oc3ccccc34)C2)c2ccc(-c3ccc4c(c3)c3ccccc3n4-c3ccccc3)cc21. The quantitative estimate of drug-likeness (QED) is 0.167. The maximum absolute atomic E-state index is 6.75. The van der Waals surface area contributed by atoms with Crippen molar-refractivity contribution >= 4 is 71.5 Å². The van der Waals surface area contributed by atoms with E-state index in [1.165, 1.54) is 82.8 Å². The average Bonchev–Trinajstić information content (AvgIpc) is 3.97. The molecule has 0 saturated heterocycles. The zero-order chi connectivity index (χ0) is 42.5. The van der Waals surface area contributed by atoms with Crippen molar-refractivity contribution in [3.05, 3.63) is 229 Å². The van der Waals surface area contributed by atoms with Crippen LogP contribution in [0.15, 0.2) is 222 Å². The normalized spacial score (nSPS) is 15.4. The molecule has 0 N–H and O–H groups in total. The Morgan fingerprint density at radius 2 is 1.20 bits per heavy atom. The van der Waals surface area contributed by atoms with Crippen LogP contribution in [0, 0.1) is 0 Å². The molecule has 64 heavy (non-hydrogen) atoms. The van der Waals surface area contributed by atoms with E-state index in [4.69, 9.17) is 4.42 Å². The Bertz CT molecular complexity index is 3720. The maximum Gasteiger partial charge on any atom is 0.159 e. The summed E-state index contributed by atoms with van der Waals surface area (Å²) < 4.78 is 9.13. The lowest BCUT2D eigenvalue weighted by Gasteiger charge is -2.37. The Balaban J connectivity index is 0.886. The fourth-order valence-corrected chi connectivity index (χ4v) is 11.1. The number of hydrogen-bond donors (Lipinski definition) is 0. The Morgan fingerprint density at radius 1 is 0.531 bits per heavy atom. The van der Waals surface area contributed by atoms with Gasteiger partial charge in [-0.2, -0.15) is 0 Å². The lowest BCUT2D eigenvalue weighted by atomic mass is 9.77.